The van der Waals surface area contributed by atoms with Gasteiger partial charge < -0.3 is 5.32 Å². The number of hydrazine groups is 1. The first kappa shape index (κ1) is 22.9. The SMILES string of the molecule is CC(=O)NNC(=O)c1ccsc1NC(=O)c1ccc(S(=O)(=O)N2CCCCCC2)cc1. The van der Waals surface area contributed by atoms with Gasteiger partial charge in [-0.1, -0.05) is 12.8 Å². The third kappa shape index (κ3) is 5.69. The second kappa shape index (κ2) is 10.0. The van der Waals surface area contributed by atoms with Gasteiger partial charge in [0.05, 0.1) is 10.5 Å². The molecule has 3 N–H and O–H groups in total. The number of rotatable bonds is 5. The molecule has 1 fully saturated rings. The standard InChI is InChI=1S/C20H24N4O5S2/c1-14(25)22-23-19(27)17-10-13-30-20(17)21-18(26)15-6-8-16(9-7-15)31(28,29)24-11-4-2-3-5-12-24/h6-10,13H,2-5,11-12H2,1H3,(H,21,26)(H,22,25)(H,23,27). The fourth-order valence-corrected chi connectivity index (χ4v) is 5.48. The second-order valence-electron chi connectivity index (χ2n) is 7.10. The summed E-state index contributed by atoms with van der Waals surface area (Å²) >= 11 is 1.16. The first-order valence-corrected chi connectivity index (χ1v) is 12.2. The van der Waals surface area contributed by atoms with Gasteiger partial charge >= 0.3 is 0 Å². The minimum Gasteiger partial charge on any atom is -0.313 e. The Kier molecular flexibility index (Phi) is 7.42. The Hall–Kier alpha value is -2.76. The van der Waals surface area contributed by atoms with E-state index in [2.05, 4.69) is 16.2 Å². The number of hydrogen-bond donors (Lipinski definition) is 3. The Morgan fingerprint density at radius 2 is 1.55 bits per heavy atom. The van der Waals surface area contributed by atoms with Crippen molar-refractivity contribution in [3.63, 3.8) is 0 Å². The summed E-state index contributed by atoms with van der Waals surface area (Å²) in [6.45, 7) is 2.27. The van der Waals surface area contributed by atoms with Gasteiger partial charge in [-0.3, -0.25) is 25.2 Å². The molecule has 0 unspecified atom stereocenters. The molecule has 1 aromatic heterocycles. The Morgan fingerprint density at radius 3 is 2.16 bits per heavy atom. The summed E-state index contributed by atoms with van der Waals surface area (Å²) in [5, 5.41) is 4.60. The lowest BCUT2D eigenvalue weighted by atomic mass is 10.2. The molecule has 1 aliphatic heterocycles. The summed E-state index contributed by atoms with van der Waals surface area (Å²) < 4.78 is 27.2. The number of benzene rings is 1. The molecule has 0 atom stereocenters. The highest BCUT2D eigenvalue weighted by Crippen LogP contribution is 2.25. The summed E-state index contributed by atoms with van der Waals surface area (Å²) in [7, 11) is -3.59. The Balaban J connectivity index is 1.69. The molecule has 9 nitrogen and oxygen atoms in total. The van der Waals surface area contributed by atoms with E-state index in [1.807, 2.05) is 0 Å². The zero-order valence-electron chi connectivity index (χ0n) is 17.0. The molecule has 166 valence electrons. The predicted octanol–water partition coefficient (Wildman–Crippen LogP) is 2.35. The second-order valence-corrected chi connectivity index (χ2v) is 9.95. The van der Waals surface area contributed by atoms with Crippen molar-refractivity contribution in [2.75, 3.05) is 18.4 Å². The Bertz CT molecular complexity index is 1060. The fourth-order valence-electron chi connectivity index (χ4n) is 3.18. The van der Waals surface area contributed by atoms with E-state index in [9.17, 15) is 22.8 Å². The van der Waals surface area contributed by atoms with Gasteiger partial charge in [-0.2, -0.15) is 4.31 Å². The first-order chi connectivity index (χ1) is 14.8. The number of sulfonamides is 1. The van der Waals surface area contributed by atoms with E-state index < -0.39 is 27.7 Å². The Morgan fingerprint density at radius 1 is 0.903 bits per heavy atom. The lowest BCUT2D eigenvalue weighted by molar-refractivity contribution is -0.119. The van der Waals surface area contributed by atoms with Crippen LogP contribution in [0.15, 0.2) is 40.6 Å². The molecule has 3 amide bonds. The maximum Gasteiger partial charge on any atom is 0.272 e. The minimum absolute atomic E-state index is 0.150. The molecule has 3 rings (SSSR count). The summed E-state index contributed by atoms with van der Waals surface area (Å²) in [6, 6.07) is 7.27. The topological polar surface area (TPSA) is 125 Å². The quantitative estimate of drug-likeness (QED) is 0.586. The zero-order chi connectivity index (χ0) is 22.4. The molecule has 31 heavy (non-hydrogen) atoms. The van der Waals surface area contributed by atoms with Crippen LogP contribution in [0.1, 0.15) is 53.3 Å². The van der Waals surface area contributed by atoms with Crippen molar-refractivity contribution in [1.82, 2.24) is 15.2 Å². The number of thiophene rings is 1. The van der Waals surface area contributed by atoms with Gasteiger partial charge in [0.15, 0.2) is 0 Å². The average molecular weight is 465 g/mol. The van der Waals surface area contributed by atoms with Gasteiger partial charge in [-0.15, -0.1) is 11.3 Å². The monoisotopic (exact) mass is 464 g/mol. The Labute approximate surface area is 184 Å². The van der Waals surface area contributed by atoms with Crippen LogP contribution in [0.25, 0.3) is 0 Å². The fraction of sp³-hybridized carbons (Fsp3) is 0.350. The molecule has 2 aromatic rings. The van der Waals surface area contributed by atoms with Crippen LogP contribution in [0.5, 0.6) is 0 Å². The lowest BCUT2D eigenvalue weighted by Crippen LogP contribution is -2.40. The van der Waals surface area contributed by atoms with Crippen molar-refractivity contribution in [2.45, 2.75) is 37.5 Å². The zero-order valence-corrected chi connectivity index (χ0v) is 18.6. The van der Waals surface area contributed by atoms with Crippen molar-refractivity contribution >= 4 is 44.1 Å². The van der Waals surface area contributed by atoms with Crippen molar-refractivity contribution in [2.24, 2.45) is 0 Å². The summed E-state index contributed by atoms with van der Waals surface area (Å²) in [4.78, 5) is 35.8. The molecule has 1 saturated heterocycles. The van der Waals surface area contributed by atoms with Gasteiger partial charge in [-0.25, -0.2) is 8.42 Å². The normalized spacial score (nSPS) is 15.0. The van der Waals surface area contributed by atoms with Crippen LogP contribution in [0.3, 0.4) is 0 Å². The highest BCUT2D eigenvalue weighted by molar-refractivity contribution is 7.89. The van der Waals surface area contributed by atoms with Gasteiger partial charge in [0, 0.05) is 25.6 Å². The molecule has 0 radical (unpaired) electrons. The van der Waals surface area contributed by atoms with Gasteiger partial charge in [0.1, 0.15) is 5.00 Å². The molecule has 1 aromatic carbocycles. The maximum absolute atomic E-state index is 12.9. The number of carbonyl (C=O) groups excluding carboxylic acids is 3. The van der Waals surface area contributed by atoms with Gasteiger partial charge in [-0.05, 0) is 48.6 Å². The summed E-state index contributed by atoms with van der Waals surface area (Å²) in [5.41, 5.74) is 4.89. The molecular weight excluding hydrogens is 440 g/mol. The molecule has 0 spiro atoms. The van der Waals surface area contributed by atoms with Crippen LogP contribution in [0, 0.1) is 0 Å². The van der Waals surface area contributed by atoms with Gasteiger partial charge in [0.25, 0.3) is 11.8 Å². The minimum atomic E-state index is -3.59. The predicted molar refractivity (Wildman–Crippen MR) is 117 cm³/mol. The number of nitrogens with zero attached hydrogens (tertiary/aromatic N) is 1. The molecule has 0 saturated carbocycles. The van der Waals surface area contributed by atoms with E-state index in [1.54, 1.807) is 5.38 Å². The molecule has 2 heterocycles. The highest BCUT2D eigenvalue weighted by Gasteiger charge is 2.25. The maximum atomic E-state index is 12.9. The molecule has 1 aliphatic rings. The first-order valence-electron chi connectivity index (χ1n) is 9.85. The third-order valence-electron chi connectivity index (χ3n) is 4.81. The summed E-state index contributed by atoms with van der Waals surface area (Å²) in [6.07, 6.45) is 3.74. The molecule has 11 heteroatoms. The largest absolute Gasteiger partial charge is 0.313 e. The van der Waals surface area contributed by atoms with Gasteiger partial charge in [0.2, 0.25) is 15.9 Å². The van der Waals surface area contributed by atoms with Crippen molar-refractivity contribution in [1.29, 1.82) is 0 Å². The van der Waals surface area contributed by atoms with E-state index >= 15 is 0 Å². The van der Waals surface area contributed by atoms with Crippen LogP contribution in [0.2, 0.25) is 0 Å². The number of carbonyl (C=O) groups is 3. The smallest absolute Gasteiger partial charge is 0.272 e. The van der Waals surface area contributed by atoms with Crippen molar-refractivity contribution in [3.8, 4) is 0 Å². The van der Waals surface area contributed by atoms with E-state index in [0.29, 0.717) is 18.1 Å². The summed E-state index contributed by atoms with van der Waals surface area (Å²) in [5.74, 6) is -1.47. The van der Waals surface area contributed by atoms with Crippen LogP contribution >= 0.6 is 11.3 Å². The van der Waals surface area contributed by atoms with E-state index in [-0.39, 0.29) is 16.0 Å². The highest BCUT2D eigenvalue weighted by atomic mass is 32.2. The number of amides is 3. The van der Waals surface area contributed by atoms with E-state index in [0.717, 1.165) is 37.0 Å². The van der Waals surface area contributed by atoms with Crippen molar-refractivity contribution < 1.29 is 22.8 Å². The number of hydrogen-bond acceptors (Lipinski definition) is 6. The molecular formula is C20H24N4O5S2. The van der Waals surface area contributed by atoms with E-state index in [1.165, 1.54) is 41.6 Å². The van der Waals surface area contributed by atoms with Crippen LogP contribution in [-0.2, 0) is 14.8 Å². The third-order valence-corrected chi connectivity index (χ3v) is 7.55. The molecule has 0 bridgehead atoms. The number of anilines is 1. The van der Waals surface area contributed by atoms with E-state index in [4.69, 9.17) is 0 Å². The average Bonchev–Trinajstić information content (AvgIpc) is 3.02. The van der Waals surface area contributed by atoms with Crippen molar-refractivity contribution in [3.05, 3.63) is 46.8 Å². The van der Waals surface area contributed by atoms with Crippen LogP contribution in [0.4, 0.5) is 5.00 Å². The number of nitrogens with one attached hydrogen (secondary N) is 3. The molecule has 0 aliphatic carbocycles. The lowest BCUT2D eigenvalue weighted by Gasteiger charge is -2.20. The van der Waals surface area contributed by atoms with Crippen LogP contribution in [-0.4, -0.2) is 43.5 Å². The van der Waals surface area contributed by atoms with Crippen LogP contribution < -0.4 is 16.2 Å².